The molecule has 0 aromatic carbocycles. The second kappa shape index (κ2) is 7.67. The van der Waals surface area contributed by atoms with Gasteiger partial charge in [-0.3, -0.25) is 4.79 Å². The summed E-state index contributed by atoms with van der Waals surface area (Å²) in [5, 5.41) is 3.35. The van der Waals surface area contributed by atoms with Gasteiger partial charge in [0.25, 0.3) is 0 Å². The molecule has 1 aliphatic rings. The zero-order valence-corrected chi connectivity index (χ0v) is 11.4. The van der Waals surface area contributed by atoms with Crippen LogP contribution in [-0.4, -0.2) is 49.7 Å². The average molecular weight is 242 g/mol. The Morgan fingerprint density at radius 1 is 1.35 bits per heavy atom. The normalized spacial score (nSPS) is 19.0. The summed E-state index contributed by atoms with van der Waals surface area (Å²) in [6, 6.07) is 0.401. The Kier molecular flexibility index (Phi) is 6.52. The molecule has 1 aliphatic heterocycles. The van der Waals surface area contributed by atoms with Gasteiger partial charge in [-0.05, 0) is 39.5 Å². The highest BCUT2D eigenvalue weighted by molar-refractivity contribution is 5.78. The maximum absolute atomic E-state index is 11.8. The Labute approximate surface area is 105 Å². The van der Waals surface area contributed by atoms with E-state index in [4.69, 9.17) is 4.74 Å². The van der Waals surface area contributed by atoms with Crippen LogP contribution in [0.2, 0.25) is 0 Å². The second-order valence-corrected chi connectivity index (χ2v) is 4.69. The fourth-order valence-corrected chi connectivity index (χ4v) is 2.32. The number of hydrogen-bond acceptors (Lipinski definition) is 3. The first-order valence-electron chi connectivity index (χ1n) is 6.77. The number of nitrogens with zero attached hydrogens (tertiary/aromatic N) is 1. The van der Waals surface area contributed by atoms with E-state index in [1.807, 2.05) is 18.7 Å². The first kappa shape index (κ1) is 14.5. The molecule has 1 saturated heterocycles. The van der Waals surface area contributed by atoms with Crippen LogP contribution in [0.3, 0.4) is 0 Å². The molecule has 1 unspecified atom stereocenters. The minimum absolute atomic E-state index is 0.203. The maximum atomic E-state index is 11.8. The van der Waals surface area contributed by atoms with Gasteiger partial charge in [-0.2, -0.15) is 0 Å². The van der Waals surface area contributed by atoms with Crippen LogP contribution in [0.4, 0.5) is 0 Å². The van der Waals surface area contributed by atoms with Crippen molar-refractivity contribution in [3.63, 3.8) is 0 Å². The lowest BCUT2D eigenvalue weighted by molar-refractivity contribution is -0.130. The molecule has 1 heterocycles. The minimum atomic E-state index is 0.203. The minimum Gasteiger partial charge on any atom is -0.381 e. The van der Waals surface area contributed by atoms with Gasteiger partial charge in [-0.1, -0.05) is 0 Å². The molecule has 1 atom stereocenters. The standard InChI is InChI=1S/C13H26N2O2/c1-4-15(5-2)13(16)10-14-11(3)12-6-8-17-9-7-12/h11-12,14H,4-10H2,1-3H3. The van der Waals surface area contributed by atoms with Crippen LogP contribution in [0.5, 0.6) is 0 Å². The highest BCUT2D eigenvalue weighted by Gasteiger charge is 2.21. The largest absolute Gasteiger partial charge is 0.381 e. The van der Waals surface area contributed by atoms with E-state index in [0.29, 0.717) is 18.5 Å². The zero-order valence-electron chi connectivity index (χ0n) is 11.4. The second-order valence-electron chi connectivity index (χ2n) is 4.69. The summed E-state index contributed by atoms with van der Waals surface area (Å²) in [5.74, 6) is 0.849. The van der Waals surface area contributed by atoms with Gasteiger partial charge in [0, 0.05) is 32.3 Å². The van der Waals surface area contributed by atoms with E-state index >= 15 is 0 Å². The van der Waals surface area contributed by atoms with Crippen LogP contribution in [0, 0.1) is 5.92 Å². The molecule has 0 spiro atoms. The lowest BCUT2D eigenvalue weighted by Gasteiger charge is -2.29. The molecule has 100 valence electrons. The summed E-state index contributed by atoms with van der Waals surface area (Å²) in [6.07, 6.45) is 2.21. The van der Waals surface area contributed by atoms with Crippen molar-refractivity contribution >= 4 is 5.91 Å². The van der Waals surface area contributed by atoms with Crippen molar-refractivity contribution < 1.29 is 9.53 Å². The van der Waals surface area contributed by atoms with Crippen molar-refractivity contribution in [2.45, 2.75) is 39.7 Å². The summed E-state index contributed by atoms with van der Waals surface area (Å²) < 4.78 is 5.35. The molecule has 4 nitrogen and oxygen atoms in total. The van der Waals surface area contributed by atoms with Crippen molar-refractivity contribution in [2.75, 3.05) is 32.8 Å². The Hall–Kier alpha value is -0.610. The van der Waals surface area contributed by atoms with E-state index in [0.717, 1.165) is 39.1 Å². The molecule has 1 fully saturated rings. The van der Waals surface area contributed by atoms with Gasteiger partial charge in [-0.25, -0.2) is 0 Å². The summed E-state index contributed by atoms with van der Waals surface area (Å²) in [7, 11) is 0. The molecule has 1 amide bonds. The van der Waals surface area contributed by atoms with Crippen LogP contribution in [-0.2, 0) is 9.53 Å². The molecule has 0 bridgehead atoms. The van der Waals surface area contributed by atoms with E-state index < -0.39 is 0 Å². The molecule has 1 rings (SSSR count). The lowest BCUT2D eigenvalue weighted by atomic mass is 9.93. The predicted octanol–water partition coefficient (Wildman–Crippen LogP) is 1.26. The van der Waals surface area contributed by atoms with Crippen LogP contribution in [0.15, 0.2) is 0 Å². The first-order valence-corrected chi connectivity index (χ1v) is 6.77. The summed E-state index contributed by atoms with van der Waals surface area (Å²) in [4.78, 5) is 13.7. The number of carbonyl (C=O) groups excluding carboxylic acids is 1. The number of ether oxygens (including phenoxy) is 1. The third-order valence-corrected chi connectivity index (χ3v) is 3.66. The Morgan fingerprint density at radius 3 is 2.47 bits per heavy atom. The molecule has 0 aromatic rings. The molecule has 17 heavy (non-hydrogen) atoms. The van der Waals surface area contributed by atoms with Crippen molar-refractivity contribution in [2.24, 2.45) is 5.92 Å². The van der Waals surface area contributed by atoms with Crippen LogP contribution >= 0.6 is 0 Å². The SMILES string of the molecule is CCN(CC)C(=O)CNC(C)C1CCOCC1. The Morgan fingerprint density at radius 2 is 1.94 bits per heavy atom. The number of amides is 1. The highest BCUT2D eigenvalue weighted by Crippen LogP contribution is 2.18. The van der Waals surface area contributed by atoms with Gasteiger partial charge in [0.05, 0.1) is 6.54 Å². The molecular weight excluding hydrogens is 216 g/mol. The van der Waals surface area contributed by atoms with Gasteiger partial charge in [0.2, 0.25) is 5.91 Å². The zero-order chi connectivity index (χ0) is 12.7. The topological polar surface area (TPSA) is 41.6 Å². The summed E-state index contributed by atoms with van der Waals surface area (Å²) in [5.41, 5.74) is 0. The van der Waals surface area contributed by atoms with Crippen LogP contribution in [0.1, 0.15) is 33.6 Å². The Bertz CT molecular complexity index is 223. The molecule has 1 N–H and O–H groups in total. The number of rotatable bonds is 6. The Balaban J connectivity index is 2.26. The summed E-state index contributed by atoms with van der Waals surface area (Å²) >= 11 is 0. The predicted molar refractivity (Wildman–Crippen MR) is 68.9 cm³/mol. The van der Waals surface area contributed by atoms with Crippen molar-refractivity contribution in [1.82, 2.24) is 10.2 Å². The third kappa shape index (κ3) is 4.64. The number of hydrogen-bond donors (Lipinski definition) is 1. The van der Waals surface area contributed by atoms with E-state index in [1.54, 1.807) is 0 Å². The van der Waals surface area contributed by atoms with Crippen molar-refractivity contribution in [3.8, 4) is 0 Å². The van der Waals surface area contributed by atoms with Gasteiger partial charge in [0.1, 0.15) is 0 Å². The van der Waals surface area contributed by atoms with E-state index in [-0.39, 0.29) is 5.91 Å². The molecule has 4 heteroatoms. The molecule has 0 saturated carbocycles. The number of carbonyl (C=O) groups is 1. The average Bonchev–Trinajstić information content (AvgIpc) is 2.38. The van der Waals surface area contributed by atoms with Gasteiger partial charge < -0.3 is 15.0 Å². The molecular formula is C13H26N2O2. The van der Waals surface area contributed by atoms with Gasteiger partial charge in [-0.15, -0.1) is 0 Å². The molecule has 0 aliphatic carbocycles. The van der Waals surface area contributed by atoms with Crippen LogP contribution < -0.4 is 5.32 Å². The summed E-state index contributed by atoms with van der Waals surface area (Å²) in [6.45, 7) is 9.98. The smallest absolute Gasteiger partial charge is 0.236 e. The van der Waals surface area contributed by atoms with Gasteiger partial charge >= 0.3 is 0 Å². The first-order chi connectivity index (χ1) is 8.19. The highest BCUT2D eigenvalue weighted by atomic mass is 16.5. The van der Waals surface area contributed by atoms with Crippen molar-refractivity contribution in [3.05, 3.63) is 0 Å². The van der Waals surface area contributed by atoms with Crippen molar-refractivity contribution in [1.29, 1.82) is 0 Å². The quantitative estimate of drug-likeness (QED) is 0.762. The fraction of sp³-hybridized carbons (Fsp3) is 0.923. The van der Waals surface area contributed by atoms with E-state index in [2.05, 4.69) is 12.2 Å². The lowest BCUT2D eigenvalue weighted by Crippen LogP contribution is -2.44. The fourth-order valence-electron chi connectivity index (χ4n) is 2.32. The number of nitrogens with one attached hydrogen (secondary N) is 1. The monoisotopic (exact) mass is 242 g/mol. The third-order valence-electron chi connectivity index (χ3n) is 3.66. The molecule has 0 radical (unpaired) electrons. The van der Waals surface area contributed by atoms with E-state index in [1.165, 1.54) is 0 Å². The van der Waals surface area contributed by atoms with Crippen LogP contribution in [0.25, 0.3) is 0 Å². The molecule has 0 aromatic heterocycles. The van der Waals surface area contributed by atoms with E-state index in [9.17, 15) is 4.79 Å². The number of likely N-dealkylation sites (N-methyl/N-ethyl adjacent to an activating group) is 1. The van der Waals surface area contributed by atoms with Gasteiger partial charge in [0.15, 0.2) is 0 Å². The maximum Gasteiger partial charge on any atom is 0.236 e.